The first kappa shape index (κ1) is 11.9. The fourth-order valence-electron chi connectivity index (χ4n) is 2.44. The van der Waals surface area contributed by atoms with Crippen molar-refractivity contribution in [3.63, 3.8) is 0 Å². The van der Waals surface area contributed by atoms with Crippen LogP contribution >= 0.6 is 0 Å². The summed E-state index contributed by atoms with van der Waals surface area (Å²) in [4.78, 5) is 4.15. The van der Waals surface area contributed by atoms with Gasteiger partial charge in [-0.05, 0) is 30.0 Å². The Morgan fingerprint density at radius 1 is 1.21 bits per heavy atom. The average molecular weight is 253 g/mol. The van der Waals surface area contributed by atoms with Crippen LogP contribution in [0.3, 0.4) is 0 Å². The molecule has 0 amide bonds. The molecule has 0 aliphatic rings. The highest BCUT2D eigenvalue weighted by Gasteiger charge is 2.18. The molecule has 1 atom stereocenters. The number of nitrogens with one attached hydrogen (secondary N) is 1. The van der Waals surface area contributed by atoms with E-state index in [1.165, 1.54) is 0 Å². The third-order valence-corrected chi connectivity index (χ3v) is 3.40. The van der Waals surface area contributed by atoms with Crippen molar-refractivity contribution in [1.29, 1.82) is 0 Å². The fourth-order valence-corrected chi connectivity index (χ4v) is 2.44. The molecule has 1 unspecified atom stereocenters. The molecule has 0 saturated carbocycles. The van der Waals surface area contributed by atoms with Gasteiger partial charge >= 0.3 is 0 Å². The molecule has 3 rings (SSSR count). The van der Waals surface area contributed by atoms with Gasteiger partial charge in [0, 0.05) is 23.3 Å². The molecule has 1 aromatic carbocycles. The summed E-state index contributed by atoms with van der Waals surface area (Å²) in [5, 5.41) is 2.24. The number of aryl methyl sites for hydroxylation is 1. The van der Waals surface area contributed by atoms with Gasteiger partial charge in [-0.25, -0.2) is 5.43 Å². The van der Waals surface area contributed by atoms with Crippen molar-refractivity contribution in [2.45, 2.75) is 13.0 Å². The minimum atomic E-state index is -0.0927. The summed E-state index contributed by atoms with van der Waals surface area (Å²) in [6.07, 6.45) is 5.33. The molecule has 0 fully saturated rings. The Morgan fingerprint density at radius 3 is 2.84 bits per heavy atom. The third-order valence-electron chi connectivity index (χ3n) is 3.40. The van der Waals surface area contributed by atoms with E-state index in [9.17, 15) is 0 Å². The molecule has 0 aliphatic carbocycles. The van der Waals surface area contributed by atoms with Gasteiger partial charge in [-0.2, -0.15) is 0 Å². The summed E-state index contributed by atoms with van der Waals surface area (Å²) >= 11 is 0. The summed E-state index contributed by atoms with van der Waals surface area (Å²) in [6.45, 7) is 1.94. The zero-order valence-corrected chi connectivity index (χ0v) is 10.6. The smallest absolute Gasteiger partial charge is 0.105 e. The average Bonchev–Trinajstić information content (AvgIpc) is 2.86. The lowest BCUT2D eigenvalue weighted by Gasteiger charge is -2.18. The largest absolute Gasteiger partial charge is 0.469 e. The quantitative estimate of drug-likeness (QED) is 0.556. The van der Waals surface area contributed by atoms with Crippen LogP contribution in [0, 0.1) is 6.92 Å². The van der Waals surface area contributed by atoms with Gasteiger partial charge in [-0.1, -0.05) is 18.2 Å². The highest BCUT2D eigenvalue weighted by Crippen LogP contribution is 2.30. The van der Waals surface area contributed by atoms with Crippen LogP contribution in [0.5, 0.6) is 0 Å². The van der Waals surface area contributed by atoms with Crippen LogP contribution in [0.2, 0.25) is 0 Å². The summed E-state index contributed by atoms with van der Waals surface area (Å²) in [5.74, 6) is 6.62. The lowest BCUT2D eigenvalue weighted by atomic mass is 9.95. The summed E-state index contributed by atoms with van der Waals surface area (Å²) in [5.41, 5.74) is 5.04. The summed E-state index contributed by atoms with van der Waals surface area (Å²) < 4.78 is 5.37. The number of hydrogen-bond donors (Lipinski definition) is 2. The lowest BCUT2D eigenvalue weighted by molar-refractivity contribution is 0.520. The van der Waals surface area contributed by atoms with E-state index in [2.05, 4.69) is 16.5 Å². The topological polar surface area (TPSA) is 64.1 Å². The molecule has 2 aromatic heterocycles. The number of hydrogen-bond acceptors (Lipinski definition) is 4. The highest BCUT2D eigenvalue weighted by atomic mass is 16.3. The van der Waals surface area contributed by atoms with Crippen molar-refractivity contribution < 1.29 is 4.42 Å². The first-order valence-corrected chi connectivity index (χ1v) is 6.14. The normalized spacial score (nSPS) is 12.7. The van der Waals surface area contributed by atoms with E-state index in [1.54, 1.807) is 12.5 Å². The molecule has 0 aliphatic heterocycles. The maximum Gasteiger partial charge on any atom is 0.105 e. The highest BCUT2D eigenvalue weighted by molar-refractivity contribution is 5.85. The van der Waals surface area contributed by atoms with Crippen LogP contribution in [0.1, 0.15) is 22.9 Å². The van der Waals surface area contributed by atoms with Crippen LogP contribution in [0.25, 0.3) is 10.8 Å². The molecule has 4 heteroatoms. The van der Waals surface area contributed by atoms with Crippen molar-refractivity contribution >= 4 is 10.8 Å². The van der Waals surface area contributed by atoms with Crippen LogP contribution in [-0.4, -0.2) is 4.98 Å². The Labute approximate surface area is 111 Å². The number of nitrogens with two attached hydrogens (primary N) is 1. The molecule has 19 heavy (non-hydrogen) atoms. The Kier molecular flexibility index (Phi) is 3.03. The van der Waals surface area contributed by atoms with Crippen LogP contribution in [0.4, 0.5) is 0 Å². The number of nitrogens with zero attached hydrogens (tertiary/aromatic N) is 1. The standard InChI is InChI=1S/C15H15N3O/c1-10-12(6-8-19-10)15(18-16)14-4-2-3-11-9-17-7-5-13(11)14/h2-9,15,18H,16H2,1H3. The van der Waals surface area contributed by atoms with E-state index in [-0.39, 0.29) is 6.04 Å². The number of furan rings is 1. The summed E-state index contributed by atoms with van der Waals surface area (Å²) in [7, 11) is 0. The van der Waals surface area contributed by atoms with E-state index < -0.39 is 0 Å². The van der Waals surface area contributed by atoms with E-state index in [1.807, 2.05) is 37.4 Å². The molecule has 2 heterocycles. The van der Waals surface area contributed by atoms with Crippen LogP contribution < -0.4 is 11.3 Å². The van der Waals surface area contributed by atoms with Crippen molar-refractivity contribution in [2.75, 3.05) is 0 Å². The molecule has 96 valence electrons. The lowest BCUT2D eigenvalue weighted by Crippen LogP contribution is -2.29. The van der Waals surface area contributed by atoms with Gasteiger partial charge in [0.15, 0.2) is 0 Å². The Bertz CT molecular complexity index is 700. The molecule has 0 spiro atoms. The second-order valence-electron chi connectivity index (χ2n) is 4.48. The Balaban J connectivity index is 2.20. The number of hydrazine groups is 1. The predicted octanol–water partition coefficient (Wildman–Crippen LogP) is 2.69. The van der Waals surface area contributed by atoms with Gasteiger partial charge in [-0.15, -0.1) is 0 Å². The van der Waals surface area contributed by atoms with Crippen molar-refractivity contribution in [3.8, 4) is 0 Å². The van der Waals surface area contributed by atoms with Gasteiger partial charge < -0.3 is 4.42 Å². The zero-order chi connectivity index (χ0) is 13.2. The van der Waals surface area contributed by atoms with Crippen molar-refractivity contribution in [2.24, 2.45) is 5.84 Å². The molecular weight excluding hydrogens is 238 g/mol. The number of aromatic nitrogens is 1. The first-order chi connectivity index (χ1) is 9.31. The van der Waals surface area contributed by atoms with Crippen molar-refractivity contribution in [1.82, 2.24) is 10.4 Å². The van der Waals surface area contributed by atoms with Gasteiger partial charge in [0.05, 0.1) is 12.3 Å². The molecule has 3 aromatic rings. The number of rotatable bonds is 3. The Hall–Kier alpha value is -2.17. The maximum absolute atomic E-state index is 5.75. The van der Waals surface area contributed by atoms with E-state index in [0.717, 1.165) is 27.7 Å². The molecule has 3 N–H and O–H groups in total. The number of pyridine rings is 1. The fraction of sp³-hybridized carbons (Fsp3) is 0.133. The maximum atomic E-state index is 5.75. The second kappa shape index (κ2) is 4.84. The van der Waals surface area contributed by atoms with Gasteiger partial charge in [0.25, 0.3) is 0 Å². The van der Waals surface area contributed by atoms with Crippen LogP contribution in [0.15, 0.2) is 53.4 Å². The molecule has 0 saturated heterocycles. The summed E-state index contributed by atoms with van der Waals surface area (Å²) in [6, 6.07) is 9.98. The third kappa shape index (κ3) is 2.01. The number of benzene rings is 1. The van der Waals surface area contributed by atoms with Gasteiger partial charge in [-0.3, -0.25) is 10.8 Å². The van der Waals surface area contributed by atoms with Crippen LogP contribution in [-0.2, 0) is 0 Å². The number of fused-ring (bicyclic) bond motifs is 1. The molecular formula is C15H15N3O. The SMILES string of the molecule is Cc1occc1C(NN)c1cccc2cnccc12. The van der Waals surface area contributed by atoms with E-state index >= 15 is 0 Å². The van der Waals surface area contributed by atoms with E-state index in [4.69, 9.17) is 10.3 Å². The second-order valence-corrected chi connectivity index (χ2v) is 4.48. The van der Waals surface area contributed by atoms with E-state index in [0.29, 0.717) is 0 Å². The van der Waals surface area contributed by atoms with Gasteiger partial charge in [0.1, 0.15) is 5.76 Å². The monoisotopic (exact) mass is 253 g/mol. The molecule has 0 radical (unpaired) electrons. The predicted molar refractivity (Wildman–Crippen MR) is 74.4 cm³/mol. The minimum Gasteiger partial charge on any atom is -0.469 e. The van der Waals surface area contributed by atoms with Crippen molar-refractivity contribution in [3.05, 3.63) is 65.9 Å². The minimum absolute atomic E-state index is 0.0927. The first-order valence-electron chi connectivity index (χ1n) is 6.14. The Morgan fingerprint density at radius 2 is 2.11 bits per heavy atom. The molecule has 4 nitrogen and oxygen atoms in total. The molecule has 0 bridgehead atoms. The zero-order valence-electron chi connectivity index (χ0n) is 10.6. The van der Waals surface area contributed by atoms with Gasteiger partial charge in [0.2, 0.25) is 0 Å².